The summed E-state index contributed by atoms with van der Waals surface area (Å²) in [7, 11) is 0. The highest BCUT2D eigenvalue weighted by molar-refractivity contribution is 6.02. The zero-order valence-corrected chi connectivity index (χ0v) is 42.9. The number of imidazole rings is 1. The Morgan fingerprint density at radius 3 is 2.25 bits per heavy atom. The molecule has 9 rings (SSSR count). The van der Waals surface area contributed by atoms with Crippen molar-refractivity contribution in [3.63, 3.8) is 0 Å². The maximum absolute atomic E-state index is 13.4. The van der Waals surface area contributed by atoms with Crippen molar-refractivity contribution in [2.45, 2.75) is 141 Å². The van der Waals surface area contributed by atoms with Gasteiger partial charge in [-0.1, -0.05) is 97.8 Å². The molecule has 2 aliphatic carbocycles. The molecule has 19 nitrogen and oxygen atoms in total. The second-order valence-corrected chi connectivity index (χ2v) is 19.1. The minimum atomic E-state index is -1.14. The predicted molar refractivity (Wildman–Crippen MR) is 276 cm³/mol. The van der Waals surface area contributed by atoms with Crippen LogP contribution in [0, 0.1) is 5.92 Å². The van der Waals surface area contributed by atoms with E-state index in [1.54, 1.807) is 30.9 Å². The third kappa shape index (κ3) is 13.4. The van der Waals surface area contributed by atoms with Gasteiger partial charge in [0.25, 0.3) is 6.01 Å². The molecule has 3 N–H and O–H groups in total. The summed E-state index contributed by atoms with van der Waals surface area (Å²) in [5.74, 6) is -1.46. The highest BCUT2D eigenvalue weighted by Crippen LogP contribution is 2.42. The van der Waals surface area contributed by atoms with E-state index in [2.05, 4.69) is 30.9 Å². The number of benzene rings is 4. The van der Waals surface area contributed by atoms with Crippen LogP contribution in [0.15, 0.2) is 97.1 Å². The number of aliphatic carboxylic acids is 1. The van der Waals surface area contributed by atoms with Crippen LogP contribution in [0.2, 0.25) is 0 Å². The maximum Gasteiger partial charge on any atom is 0.511 e. The molecule has 3 heterocycles. The lowest BCUT2D eigenvalue weighted by Gasteiger charge is -2.31. The maximum atomic E-state index is 13.4. The molecule has 2 aromatic heterocycles. The van der Waals surface area contributed by atoms with Gasteiger partial charge in [0.15, 0.2) is 0 Å². The number of carboxylic acid groups (broad SMARTS) is 1. The lowest BCUT2D eigenvalue weighted by molar-refractivity contribution is -0.151. The van der Waals surface area contributed by atoms with Crippen molar-refractivity contribution in [3.05, 3.63) is 114 Å². The zero-order valence-electron chi connectivity index (χ0n) is 42.9. The average molecular weight is 1030 g/mol. The van der Waals surface area contributed by atoms with Crippen molar-refractivity contribution in [2.75, 3.05) is 13.2 Å². The number of nitrogens with zero attached hydrogens (tertiary/aromatic N) is 6. The lowest BCUT2D eigenvalue weighted by atomic mass is 9.98. The largest absolute Gasteiger partial charge is 0.511 e. The Morgan fingerprint density at radius 2 is 1.55 bits per heavy atom. The van der Waals surface area contributed by atoms with Gasteiger partial charge in [0.1, 0.15) is 18.2 Å². The number of aromatic amines is 1. The molecule has 1 unspecified atom stereocenters. The number of likely N-dealkylation sites (tertiary alicyclic amines) is 1. The number of aryl methyl sites for hydroxylation is 1. The molecule has 1 saturated heterocycles. The summed E-state index contributed by atoms with van der Waals surface area (Å²) in [6.07, 6.45) is 7.19. The van der Waals surface area contributed by atoms with E-state index in [9.17, 15) is 29.1 Å². The molecule has 0 radical (unpaired) electrons. The Bertz CT molecular complexity index is 2870. The molecule has 19 heteroatoms. The van der Waals surface area contributed by atoms with E-state index < -0.39 is 42.5 Å². The standard InChI is InChI=1S/C33H34N6O6.C23H32N2O5/c1-3-42-32-34-28-15-9-14-27(31(40)43-21(2)44-33(41)45-24-10-5-4-6-11-24)29(28)39(32)20-22-16-18-23(19-17-22)25-12-7-8-13-26(25)30-35-37-38-36-30;1-3-30-23(29)18(13-12-16-8-5-4-6-9-16)24-15(2)21(26)25-19-11-7-10-17(19)14-20(25)22(27)28/h7-9,12-19,21,24H,3-6,10-11,20H2,1-2H3,(H,35,36,37,38);4-6,8-9,15,17-20,24H,3,7,10-14H2,1-2H3,(H,27,28)/t;15-,17-,18-,19-,20-/m.0/s1. The van der Waals surface area contributed by atoms with Gasteiger partial charge in [-0.2, -0.15) is 10.2 Å². The number of hydrogen-bond donors (Lipinski definition) is 3. The summed E-state index contributed by atoms with van der Waals surface area (Å²) in [5, 5.41) is 27.2. The molecule has 6 atom stereocenters. The molecule has 1 aliphatic heterocycles. The number of ether oxygens (including phenoxy) is 5. The number of rotatable bonds is 19. The Kier molecular flexibility index (Phi) is 18.2. The minimum Gasteiger partial charge on any atom is -0.480 e. The van der Waals surface area contributed by atoms with Crippen LogP contribution in [0.1, 0.15) is 113 Å². The van der Waals surface area contributed by atoms with Crippen LogP contribution >= 0.6 is 0 Å². The zero-order chi connectivity index (χ0) is 52.8. The number of fused-ring (bicyclic) bond motifs is 2. The van der Waals surface area contributed by atoms with E-state index in [-0.39, 0.29) is 42.1 Å². The van der Waals surface area contributed by atoms with Crippen LogP contribution in [0.3, 0.4) is 0 Å². The van der Waals surface area contributed by atoms with Crippen molar-refractivity contribution >= 4 is 41.0 Å². The number of amides is 1. The molecule has 1 amide bonds. The van der Waals surface area contributed by atoms with E-state index in [4.69, 9.17) is 23.7 Å². The number of H-pyrrole nitrogens is 1. The smallest absolute Gasteiger partial charge is 0.480 e. The predicted octanol–water partition coefficient (Wildman–Crippen LogP) is 8.70. The molecular weight excluding hydrogens is 961 g/mol. The summed E-state index contributed by atoms with van der Waals surface area (Å²) in [6.45, 7) is 7.86. The highest BCUT2D eigenvalue weighted by Gasteiger charge is 2.49. The Labute approximate surface area is 435 Å². The van der Waals surface area contributed by atoms with Gasteiger partial charge in [-0.25, -0.2) is 14.4 Å². The molecular formula is C56H66N8O11. The lowest BCUT2D eigenvalue weighted by Crippen LogP contribution is -2.55. The number of esters is 2. The van der Waals surface area contributed by atoms with Crippen LogP contribution in [-0.2, 0) is 46.3 Å². The Balaban J connectivity index is 0.000000217. The van der Waals surface area contributed by atoms with Gasteiger partial charge in [0, 0.05) is 18.5 Å². The number of carboxylic acids is 1. The highest BCUT2D eigenvalue weighted by atomic mass is 16.8. The normalized spacial score (nSPS) is 18.5. The Morgan fingerprint density at radius 1 is 0.800 bits per heavy atom. The van der Waals surface area contributed by atoms with E-state index in [0.717, 1.165) is 79.2 Å². The van der Waals surface area contributed by atoms with Crippen LogP contribution in [0.4, 0.5) is 4.79 Å². The van der Waals surface area contributed by atoms with Crippen LogP contribution < -0.4 is 10.1 Å². The van der Waals surface area contributed by atoms with Gasteiger partial charge >= 0.3 is 24.1 Å². The number of aromatic nitrogens is 6. The van der Waals surface area contributed by atoms with Crippen molar-refractivity contribution in [1.29, 1.82) is 0 Å². The van der Waals surface area contributed by atoms with Gasteiger partial charge in [0.05, 0.1) is 42.4 Å². The van der Waals surface area contributed by atoms with Crippen LogP contribution in [0.25, 0.3) is 33.5 Å². The van der Waals surface area contributed by atoms with Crippen LogP contribution in [-0.4, -0.2) is 120 Å². The summed E-state index contributed by atoms with van der Waals surface area (Å²) in [4.78, 5) is 69.4. The number of tetrazole rings is 1. The van der Waals surface area contributed by atoms with Crippen molar-refractivity contribution in [2.24, 2.45) is 5.92 Å². The minimum absolute atomic E-state index is 0.00629. The summed E-state index contributed by atoms with van der Waals surface area (Å²) in [5.41, 5.74) is 6.28. The van der Waals surface area contributed by atoms with E-state index in [0.29, 0.717) is 55.3 Å². The first-order valence-electron chi connectivity index (χ1n) is 26.1. The fourth-order valence-corrected chi connectivity index (χ4v) is 10.5. The van der Waals surface area contributed by atoms with Crippen molar-refractivity contribution < 1.29 is 52.8 Å². The summed E-state index contributed by atoms with van der Waals surface area (Å²) >= 11 is 0. The number of nitrogens with one attached hydrogen (secondary N) is 2. The van der Waals surface area contributed by atoms with Gasteiger partial charge in [0.2, 0.25) is 18.0 Å². The molecule has 75 heavy (non-hydrogen) atoms. The SMILES string of the molecule is CCOC(=O)[C@H](CCc1ccccc1)N[C@@H](C)C(=O)N1[C@H](C(=O)O)C[C@@H]2CCC[C@@H]21.CCOc1nc2cccc(C(=O)OC(C)OC(=O)OC3CCCCC3)c2n1Cc1ccc(-c2ccccc2-c2nn[nH]n2)cc1. The first-order chi connectivity index (χ1) is 36.4. The molecule has 0 spiro atoms. The molecule has 2 saturated carbocycles. The number of carbonyl (C=O) groups excluding carboxylic acids is 4. The van der Waals surface area contributed by atoms with E-state index in [1.165, 1.54) is 6.92 Å². The van der Waals surface area contributed by atoms with E-state index >= 15 is 0 Å². The second kappa shape index (κ2) is 25.5. The topological polar surface area (TPSA) is 239 Å². The number of para-hydroxylation sites is 1. The summed E-state index contributed by atoms with van der Waals surface area (Å²) < 4.78 is 29.1. The molecule has 3 aliphatic rings. The number of carbonyl (C=O) groups is 5. The first kappa shape index (κ1) is 53.6. The van der Waals surface area contributed by atoms with Gasteiger partial charge in [-0.3, -0.25) is 19.5 Å². The van der Waals surface area contributed by atoms with Gasteiger partial charge < -0.3 is 33.7 Å². The molecule has 6 aromatic rings. The first-order valence-corrected chi connectivity index (χ1v) is 26.1. The van der Waals surface area contributed by atoms with E-state index in [1.807, 2.05) is 96.4 Å². The fourth-order valence-electron chi connectivity index (χ4n) is 10.5. The third-order valence-corrected chi connectivity index (χ3v) is 14.0. The van der Waals surface area contributed by atoms with Crippen molar-refractivity contribution in [1.82, 2.24) is 40.4 Å². The summed E-state index contributed by atoms with van der Waals surface area (Å²) in [6, 6.07) is 29.2. The Hall–Kier alpha value is -7.67. The second-order valence-electron chi connectivity index (χ2n) is 19.1. The van der Waals surface area contributed by atoms with Gasteiger partial charge in [-0.05, 0) is 124 Å². The van der Waals surface area contributed by atoms with Crippen molar-refractivity contribution in [3.8, 4) is 28.5 Å². The molecule has 4 aromatic carbocycles. The van der Waals surface area contributed by atoms with Crippen LogP contribution in [0.5, 0.6) is 6.01 Å². The number of hydrogen-bond acceptors (Lipinski definition) is 15. The molecule has 396 valence electrons. The third-order valence-electron chi connectivity index (χ3n) is 14.0. The monoisotopic (exact) mass is 1030 g/mol. The molecule has 0 bridgehead atoms. The quantitative estimate of drug-likeness (QED) is 0.0390. The van der Waals surface area contributed by atoms with Gasteiger partial charge in [-0.15, -0.1) is 10.2 Å². The fraction of sp³-hybridized carbons (Fsp3) is 0.446. The molecule has 3 fully saturated rings. The average Bonchev–Trinajstić information content (AvgIpc) is 4.25.